The van der Waals surface area contributed by atoms with Gasteiger partial charge in [0.1, 0.15) is 0 Å². The van der Waals surface area contributed by atoms with Crippen LogP contribution in [0.4, 0.5) is 0 Å². The molecule has 0 radical (unpaired) electrons. The number of carboxylic acid groups (broad SMARTS) is 2. The van der Waals surface area contributed by atoms with Crippen LogP contribution >= 0.6 is 0 Å². The molecule has 1 heterocycles. The number of carboxylic acids is 2. The van der Waals surface area contributed by atoms with Crippen LogP contribution in [0.5, 0.6) is 0 Å². The molecule has 0 saturated heterocycles. The van der Waals surface area contributed by atoms with Crippen LogP contribution in [0.2, 0.25) is 0 Å². The zero-order chi connectivity index (χ0) is 13.3. The molecule has 0 aliphatic rings. The Hall–Kier alpha value is -1.26. The van der Waals surface area contributed by atoms with Gasteiger partial charge in [-0.15, -0.1) is 6.54 Å². The van der Waals surface area contributed by atoms with Crippen molar-refractivity contribution in [2.45, 2.75) is 19.9 Å². The third-order valence-corrected chi connectivity index (χ3v) is 1.88. The molecular formula is C11H13N2O4Pt-. The SMILES string of the molecule is CCC(C(=O)[O-])C(=O)[O-].[NH-]Cc1ccccn1.[Pt+2]. The van der Waals surface area contributed by atoms with Crippen LogP contribution in [0.1, 0.15) is 19.0 Å². The second-order valence-electron chi connectivity index (χ2n) is 3.10. The molecule has 102 valence electrons. The van der Waals surface area contributed by atoms with E-state index in [1.165, 1.54) is 6.92 Å². The minimum absolute atomic E-state index is 0. The number of hydrogen-bond acceptors (Lipinski definition) is 5. The van der Waals surface area contributed by atoms with Crippen LogP contribution in [-0.4, -0.2) is 16.9 Å². The number of nitrogens with zero attached hydrogens (tertiary/aromatic N) is 1. The van der Waals surface area contributed by atoms with Gasteiger partial charge in [-0.3, -0.25) is 4.98 Å². The molecule has 0 amide bonds. The quantitative estimate of drug-likeness (QED) is 0.575. The number of carbonyl (C=O) groups excluding carboxylic acids is 2. The van der Waals surface area contributed by atoms with Crippen LogP contribution in [0.3, 0.4) is 0 Å². The molecule has 0 unspecified atom stereocenters. The minimum atomic E-state index is -1.59. The fourth-order valence-corrected chi connectivity index (χ4v) is 0.932. The monoisotopic (exact) mass is 432 g/mol. The smallest absolute Gasteiger partial charge is 0.672 e. The largest absolute Gasteiger partial charge is 2.00 e. The maximum Gasteiger partial charge on any atom is 2.00 e. The van der Waals surface area contributed by atoms with E-state index in [1.54, 1.807) is 6.20 Å². The van der Waals surface area contributed by atoms with Gasteiger partial charge in [-0.1, -0.05) is 13.0 Å². The third kappa shape index (κ3) is 7.92. The van der Waals surface area contributed by atoms with E-state index in [1.807, 2.05) is 18.2 Å². The fourth-order valence-electron chi connectivity index (χ4n) is 0.932. The van der Waals surface area contributed by atoms with Crippen molar-refractivity contribution < 1.29 is 40.9 Å². The third-order valence-electron chi connectivity index (χ3n) is 1.88. The number of pyridine rings is 1. The van der Waals surface area contributed by atoms with E-state index in [0.29, 0.717) is 0 Å². The van der Waals surface area contributed by atoms with Crippen molar-refractivity contribution in [2.24, 2.45) is 5.92 Å². The summed E-state index contributed by atoms with van der Waals surface area (Å²) in [5, 5.41) is 19.7. The standard InChI is InChI=1S/C6H7N2.C5H8O4.Pt/c7-5-6-3-1-2-4-8-6;1-2-3(4(6)7)5(8)9;/h1-4,7H,5H2;3H,2H2,1H3,(H,6,7)(H,8,9);/q-1;;+2/p-2. The molecule has 0 bridgehead atoms. The van der Waals surface area contributed by atoms with Gasteiger partial charge in [0.25, 0.3) is 0 Å². The molecule has 1 rings (SSSR count). The molecule has 0 spiro atoms. The van der Waals surface area contributed by atoms with E-state index < -0.39 is 17.9 Å². The zero-order valence-corrected chi connectivity index (χ0v) is 12.0. The van der Waals surface area contributed by atoms with Crippen molar-refractivity contribution in [2.75, 3.05) is 0 Å². The molecule has 0 aliphatic heterocycles. The molecule has 1 aromatic heterocycles. The molecule has 1 N–H and O–H groups in total. The summed E-state index contributed by atoms with van der Waals surface area (Å²) >= 11 is 0. The number of nitrogens with one attached hydrogen (secondary N) is 1. The minimum Gasteiger partial charge on any atom is -0.672 e. The molecule has 7 heteroatoms. The van der Waals surface area contributed by atoms with Gasteiger partial charge in [0.05, 0.1) is 11.9 Å². The molecule has 18 heavy (non-hydrogen) atoms. The number of carbonyl (C=O) groups is 2. The van der Waals surface area contributed by atoms with Gasteiger partial charge in [0.15, 0.2) is 0 Å². The summed E-state index contributed by atoms with van der Waals surface area (Å²) in [6.07, 6.45) is 1.70. The molecule has 6 nitrogen and oxygen atoms in total. The summed E-state index contributed by atoms with van der Waals surface area (Å²) in [7, 11) is 0. The second-order valence-corrected chi connectivity index (χ2v) is 3.10. The van der Waals surface area contributed by atoms with Gasteiger partial charge in [-0.05, 0) is 18.6 Å². The van der Waals surface area contributed by atoms with Crippen molar-refractivity contribution in [3.05, 3.63) is 35.8 Å². The summed E-state index contributed by atoms with van der Waals surface area (Å²) in [6, 6.07) is 5.57. The molecule has 1 aromatic rings. The van der Waals surface area contributed by atoms with E-state index in [-0.39, 0.29) is 34.0 Å². The Morgan fingerprint density at radius 1 is 1.33 bits per heavy atom. The van der Waals surface area contributed by atoms with Crippen molar-refractivity contribution in [3.63, 3.8) is 0 Å². The first-order valence-electron chi connectivity index (χ1n) is 4.99. The molecule has 0 atom stereocenters. The number of rotatable bonds is 4. The van der Waals surface area contributed by atoms with Crippen molar-refractivity contribution in [3.8, 4) is 0 Å². The molecule has 0 saturated carbocycles. The first kappa shape index (κ1) is 19.1. The number of aliphatic carboxylic acids is 2. The average molecular weight is 432 g/mol. The van der Waals surface area contributed by atoms with Gasteiger partial charge in [0, 0.05) is 17.8 Å². The van der Waals surface area contributed by atoms with Gasteiger partial charge in [-0.2, -0.15) is 0 Å². The number of hydrogen-bond donors (Lipinski definition) is 0. The van der Waals surface area contributed by atoms with Crippen molar-refractivity contribution in [1.82, 2.24) is 4.98 Å². The first-order chi connectivity index (χ1) is 8.02. The summed E-state index contributed by atoms with van der Waals surface area (Å²) in [6.45, 7) is 1.72. The predicted molar refractivity (Wildman–Crippen MR) is 56.1 cm³/mol. The maximum atomic E-state index is 9.84. The van der Waals surface area contributed by atoms with E-state index >= 15 is 0 Å². The molecule has 0 aliphatic carbocycles. The molecule has 0 aromatic carbocycles. The Kier molecular flexibility index (Phi) is 11.5. The summed E-state index contributed by atoms with van der Waals surface area (Å²) in [5.41, 5.74) is 7.71. The van der Waals surface area contributed by atoms with Gasteiger partial charge < -0.3 is 25.5 Å². The van der Waals surface area contributed by atoms with Crippen LogP contribution in [0.25, 0.3) is 5.73 Å². The van der Waals surface area contributed by atoms with E-state index in [2.05, 4.69) is 4.98 Å². The molecule has 0 fully saturated rings. The normalized spacial score (nSPS) is 8.83. The zero-order valence-electron chi connectivity index (χ0n) is 9.70. The first-order valence-corrected chi connectivity index (χ1v) is 4.99. The van der Waals surface area contributed by atoms with Crippen LogP contribution in [-0.2, 0) is 37.2 Å². The van der Waals surface area contributed by atoms with E-state index in [0.717, 1.165) is 5.69 Å². The molecular weight excluding hydrogens is 419 g/mol. The Labute approximate surface area is 119 Å². The van der Waals surface area contributed by atoms with E-state index in [4.69, 9.17) is 5.73 Å². The Bertz CT molecular complexity index is 345. The van der Waals surface area contributed by atoms with E-state index in [9.17, 15) is 19.8 Å². The summed E-state index contributed by atoms with van der Waals surface area (Å²) < 4.78 is 0. The predicted octanol–water partition coefficient (Wildman–Crippen LogP) is -0.856. The van der Waals surface area contributed by atoms with Crippen molar-refractivity contribution in [1.29, 1.82) is 0 Å². The number of aromatic nitrogens is 1. The Morgan fingerprint density at radius 2 is 1.89 bits per heavy atom. The van der Waals surface area contributed by atoms with Crippen LogP contribution in [0, 0.1) is 5.92 Å². The Morgan fingerprint density at radius 3 is 2.06 bits per heavy atom. The summed E-state index contributed by atoms with van der Waals surface area (Å²) in [4.78, 5) is 23.6. The van der Waals surface area contributed by atoms with Crippen LogP contribution in [0.15, 0.2) is 24.4 Å². The van der Waals surface area contributed by atoms with Gasteiger partial charge >= 0.3 is 21.1 Å². The Balaban J connectivity index is 0. The fraction of sp³-hybridized carbons (Fsp3) is 0.364. The van der Waals surface area contributed by atoms with Crippen LogP contribution < -0.4 is 10.2 Å². The van der Waals surface area contributed by atoms with Gasteiger partial charge in [0.2, 0.25) is 0 Å². The maximum absolute atomic E-state index is 9.84. The van der Waals surface area contributed by atoms with Gasteiger partial charge in [-0.25, -0.2) is 0 Å². The topological polar surface area (TPSA) is 117 Å². The van der Waals surface area contributed by atoms with Crippen molar-refractivity contribution >= 4 is 11.9 Å². The average Bonchev–Trinajstić information content (AvgIpc) is 2.31. The summed E-state index contributed by atoms with van der Waals surface area (Å²) in [5.74, 6) is -4.64. The second kappa shape index (κ2) is 10.9.